The molecule has 3 fully saturated rings. The SMILES string of the molecule is CCCOc1cnc(OCC2CC3C(=O)NC4(C(=O)NS(=O)(=O)C5(C)CC5)CC4C=CCCC(C)CC(C)C(NC(=O)NC(C)(C)C(F)(F)F)C(=O)N3C2)c2ccccc12. The molecule has 330 valence electrons. The molecular weight excluding hydrogens is 806 g/mol. The molecule has 18 heteroatoms. The summed E-state index contributed by atoms with van der Waals surface area (Å²) in [5.74, 6) is -2.98. The van der Waals surface area contributed by atoms with Gasteiger partial charge < -0.3 is 30.3 Å². The van der Waals surface area contributed by atoms with Crippen molar-refractivity contribution in [2.75, 3.05) is 19.8 Å². The van der Waals surface area contributed by atoms with Crippen LogP contribution in [0, 0.1) is 23.7 Å². The number of aromatic nitrogens is 1. The second-order valence-electron chi connectivity index (χ2n) is 17.9. The Kier molecular flexibility index (Phi) is 12.8. The van der Waals surface area contributed by atoms with Crippen LogP contribution in [0.3, 0.4) is 0 Å². The molecule has 4 N–H and O–H groups in total. The number of fused-ring (bicyclic) bond motifs is 3. The van der Waals surface area contributed by atoms with Crippen molar-refractivity contribution in [3.63, 3.8) is 0 Å². The van der Waals surface area contributed by atoms with E-state index in [1.165, 1.54) is 4.90 Å². The number of nitrogens with zero attached hydrogens (tertiary/aromatic N) is 2. The number of halogens is 3. The van der Waals surface area contributed by atoms with Crippen LogP contribution in [0.5, 0.6) is 11.6 Å². The molecule has 4 aliphatic rings. The molecule has 0 bridgehead atoms. The molecule has 2 aromatic rings. The summed E-state index contributed by atoms with van der Waals surface area (Å²) in [6, 6.07) is 3.65. The largest absolute Gasteiger partial charge is 0.491 e. The van der Waals surface area contributed by atoms with Gasteiger partial charge in [0.25, 0.3) is 5.91 Å². The van der Waals surface area contributed by atoms with Gasteiger partial charge in [0.05, 0.1) is 24.2 Å². The summed E-state index contributed by atoms with van der Waals surface area (Å²) in [6.07, 6.45) is 3.83. The van der Waals surface area contributed by atoms with E-state index in [-0.39, 0.29) is 31.9 Å². The van der Waals surface area contributed by atoms with E-state index in [1.54, 1.807) is 20.0 Å². The second kappa shape index (κ2) is 17.0. The molecule has 3 heterocycles. The molecule has 2 aliphatic heterocycles. The van der Waals surface area contributed by atoms with Crippen molar-refractivity contribution in [3.8, 4) is 11.6 Å². The van der Waals surface area contributed by atoms with Crippen LogP contribution in [0.1, 0.15) is 92.9 Å². The first-order valence-corrected chi connectivity index (χ1v) is 22.2. The molecule has 60 heavy (non-hydrogen) atoms. The zero-order chi connectivity index (χ0) is 43.8. The molecule has 6 rings (SSSR count). The van der Waals surface area contributed by atoms with E-state index in [9.17, 15) is 40.8 Å². The quantitative estimate of drug-likeness (QED) is 0.212. The number of carbonyl (C=O) groups is 4. The van der Waals surface area contributed by atoms with E-state index in [0.29, 0.717) is 55.7 Å². The van der Waals surface area contributed by atoms with E-state index in [2.05, 4.69) is 20.3 Å². The third kappa shape index (κ3) is 9.47. The lowest BCUT2D eigenvalue weighted by Crippen LogP contribution is -2.62. The molecule has 5 amide bonds. The van der Waals surface area contributed by atoms with Crippen molar-refractivity contribution < 1.29 is 50.2 Å². The number of hydrogen-bond donors (Lipinski definition) is 4. The Morgan fingerprint density at radius 3 is 2.43 bits per heavy atom. The van der Waals surface area contributed by atoms with E-state index in [4.69, 9.17) is 9.47 Å². The van der Waals surface area contributed by atoms with Crippen LogP contribution in [0.4, 0.5) is 18.0 Å². The normalized spacial score (nSPS) is 28.3. The first-order valence-electron chi connectivity index (χ1n) is 20.8. The van der Waals surface area contributed by atoms with Crippen LogP contribution < -0.4 is 30.1 Å². The molecule has 14 nitrogen and oxygen atoms in total. The maximum atomic E-state index is 14.8. The highest BCUT2D eigenvalue weighted by atomic mass is 32.2. The summed E-state index contributed by atoms with van der Waals surface area (Å²) in [7, 11) is -4.06. The van der Waals surface area contributed by atoms with Crippen molar-refractivity contribution in [2.45, 2.75) is 127 Å². The summed E-state index contributed by atoms with van der Waals surface area (Å²) in [6.45, 7) is 9.31. The summed E-state index contributed by atoms with van der Waals surface area (Å²) >= 11 is 0. The van der Waals surface area contributed by atoms with Gasteiger partial charge in [0.1, 0.15) is 28.9 Å². The first kappa shape index (κ1) is 44.9. The van der Waals surface area contributed by atoms with Crippen LogP contribution in [0.15, 0.2) is 42.6 Å². The number of carbonyl (C=O) groups excluding carboxylic acids is 4. The Labute approximate surface area is 349 Å². The fraction of sp³-hybridized carbons (Fsp3) is 0.643. The number of nitrogens with one attached hydrogen (secondary N) is 4. The van der Waals surface area contributed by atoms with E-state index in [0.717, 1.165) is 25.7 Å². The minimum absolute atomic E-state index is 0.00151. The fourth-order valence-electron chi connectivity index (χ4n) is 8.07. The van der Waals surface area contributed by atoms with Crippen molar-refractivity contribution in [3.05, 3.63) is 42.6 Å². The smallest absolute Gasteiger partial charge is 0.411 e. The Morgan fingerprint density at radius 2 is 1.77 bits per heavy atom. The molecule has 1 saturated heterocycles. The van der Waals surface area contributed by atoms with Gasteiger partial charge in [-0.15, -0.1) is 0 Å². The van der Waals surface area contributed by atoms with Gasteiger partial charge in [0.15, 0.2) is 0 Å². The number of urea groups is 1. The number of rotatable bonds is 11. The van der Waals surface area contributed by atoms with Crippen molar-refractivity contribution >= 4 is 44.5 Å². The Hall–Kier alpha value is -4.61. The number of allylic oxidation sites excluding steroid dienone is 1. The molecule has 7 atom stereocenters. The standard InChI is InChI=1S/C42H57F3N6O8S/c1-7-18-58-32-22-46-35(30-15-11-10-14-29(30)32)59-24-27-20-31-34(52)48-41(37(54)50-60(56,57)40(6)16-17-40)21-28(41)13-9-8-12-25(2)19-26(3)33(36(53)51(31)23-27)47-38(55)49-39(4,5)42(43,44)45/h9-11,13-15,22,25-28,31,33H,7-8,12,16-21,23-24H2,1-6H3,(H,48,52)(H,50,54)(H2,47,49,55). The number of pyridine rings is 1. The highest BCUT2D eigenvalue weighted by Crippen LogP contribution is 2.48. The van der Waals surface area contributed by atoms with Gasteiger partial charge in [-0.05, 0) is 90.0 Å². The highest BCUT2D eigenvalue weighted by Gasteiger charge is 2.63. The topological polar surface area (TPSA) is 185 Å². The van der Waals surface area contributed by atoms with E-state index in [1.807, 2.05) is 55.6 Å². The van der Waals surface area contributed by atoms with Crippen LogP contribution >= 0.6 is 0 Å². The Morgan fingerprint density at radius 1 is 1.07 bits per heavy atom. The van der Waals surface area contributed by atoms with Gasteiger partial charge in [-0.2, -0.15) is 13.2 Å². The van der Waals surface area contributed by atoms with Gasteiger partial charge in [0.2, 0.25) is 27.7 Å². The van der Waals surface area contributed by atoms with Crippen molar-refractivity contribution in [1.82, 2.24) is 30.6 Å². The molecule has 0 radical (unpaired) electrons. The summed E-state index contributed by atoms with van der Waals surface area (Å²) in [4.78, 5) is 62.3. The minimum Gasteiger partial charge on any atom is -0.491 e. The van der Waals surface area contributed by atoms with Gasteiger partial charge >= 0.3 is 12.2 Å². The zero-order valence-corrected chi connectivity index (χ0v) is 35.8. The highest BCUT2D eigenvalue weighted by molar-refractivity contribution is 7.91. The lowest BCUT2D eigenvalue weighted by atomic mass is 9.88. The van der Waals surface area contributed by atoms with Crippen LogP contribution in [0.25, 0.3) is 10.8 Å². The first-order chi connectivity index (χ1) is 28.1. The predicted octanol–water partition coefficient (Wildman–Crippen LogP) is 5.51. The molecule has 1 aromatic heterocycles. The van der Waals surface area contributed by atoms with Gasteiger partial charge in [-0.1, -0.05) is 51.1 Å². The predicted molar refractivity (Wildman–Crippen MR) is 217 cm³/mol. The number of ether oxygens (including phenoxy) is 2. The van der Waals surface area contributed by atoms with Gasteiger partial charge in [-0.3, -0.25) is 19.1 Å². The van der Waals surface area contributed by atoms with Gasteiger partial charge in [-0.25, -0.2) is 18.2 Å². The minimum atomic E-state index is -4.79. The molecule has 2 saturated carbocycles. The third-order valence-corrected chi connectivity index (χ3v) is 14.6. The average molecular weight is 863 g/mol. The Bertz CT molecular complexity index is 2110. The Balaban J connectivity index is 1.32. The summed E-state index contributed by atoms with van der Waals surface area (Å²) in [5, 5.41) is 8.77. The number of hydrogen-bond acceptors (Lipinski definition) is 9. The third-order valence-electron chi connectivity index (χ3n) is 12.4. The van der Waals surface area contributed by atoms with Crippen molar-refractivity contribution in [1.29, 1.82) is 0 Å². The van der Waals surface area contributed by atoms with Gasteiger partial charge in [0, 0.05) is 29.2 Å². The van der Waals surface area contributed by atoms with E-state index < -0.39 is 85.6 Å². The number of amides is 5. The number of sulfonamides is 1. The monoisotopic (exact) mass is 862 g/mol. The molecule has 0 spiro atoms. The van der Waals surface area contributed by atoms with Crippen molar-refractivity contribution in [2.24, 2.45) is 23.7 Å². The number of alkyl halides is 3. The molecular formula is C42H57F3N6O8S. The molecule has 2 aliphatic carbocycles. The summed E-state index contributed by atoms with van der Waals surface area (Å²) < 4.78 is 81.2. The molecule has 7 unspecified atom stereocenters. The van der Waals surface area contributed by atoms with E-state index >= 15 is 0 Å². The fourth-order valence-corrected chi connectivity index (χ4v) is 9.38. The second-order valence-corrected chi connectivity index (χ2v) is 20.1. The van der Waals surface area contributed by atoms with Crippen LogP contribution in [-0.2, 0) is 24.4 Å². The average Bonchev–Trinajstić information content (AvgIpc) is 4.05. The number of benzene rings is 1. The van der Waals surface area contributed by atoms with Crippen LogP contribution in [0.2, 0.25) is 0 Å². The van der Waals surface area contributed by atoms with Crippen LogP contribution in [-0.4, -0.2) is 95.9 Å². The maximum Gasteiger partial charge on any atom is 0.411 e. The lowest BCUT2D eigenvalue weighted by molar-refractivity contribution is -0.182. The maximum absolute atomic E-state index is 14.8. The lowest BCUT2D eigenvalue weighted by Gasteiger charge is -2.34. The summed E-state index contributed by atoms with van der Waals surface area (Å²) in [5.41, 5.74) is -4.24. The zero-order valence-electron chi connectivity index (χ0n) is 35.0. The molecule has 1 aromatic carbocycles.